The molecule has 2 heterocycles. The van der Waals surface area contributed by atoms with Crippen LogP contribution in [0.3, 0.4) is 0 Å². The monoisotopic (exact) mass is 415 g/mol. The molecule has 3 rings (SSSR count). The van der Waals surface area contributed by atoms with E-state index in [1.807, 2.05) is 0 Å². The lowest BCUT2D eigenvalue weighted by molar-refractivity contribution is -0.163. The van der Waals surface area contributed by atoms with E-state index >= 15 is 0 Å². The molecule has 0 spiro atoms. The van der Waals surface area contributed by atoms with Gasteiger partial charge in [0.1, 0.15) is 12.4 Å². The summed E-state index contributed by atoms with van der Waals surface area (Å²) in [6.07, 6.45) is -0.169. The lowest BCUT2D eigenvalue weighted by Crippen LogP contribution is -2.45. The standard InChI is InChI=1S/C18H22ClNO6S/c1-11(17(21)20(2)15-5-6-27(23,24)10-15)26-18(22)13-7-12-8-14(19)3-4-16(12)25-9-13/h3-4,8,11,13,15H,5-7,9-10H2,1-2H3/t11-,13+,15-/m0/s1. The van der Waals surface area contributed by atoms with Gasteiger partial charge in [0.15, 0.2) is 15.9 Å². The summed E-state index contributed by atoms with van der Waals surface area (Å²) in [6, 6.07) is 4.85. The molecule has 27 heavy (non-hydrogen) atoms. The molecule has 9 heteroatoms. The first kappa shape index (κ1) is 19.9. The number of fused-ring (bicyclic) bond motifs is 1. The number of rotatable bonds is 4. The predicted molar refractivity (Wildman–Crippen MR) is 99.5 cm³/mol. The summed E-state index contributed by atoms with van der Waals surface area (Å²) >= 11 is 5.98. The molecule has 0 unspecified atom stereocenters. The lowest BCUT2D eigenvalue weighted by Gasteiger charge is -2.28. The smallest absolute Gasteiger partial charge is 0.313 e. The van der Waals surface area contributed by atoms with Crippen molar-refractivity contribution in [2.45, 2.75) is 31.9 Å². The molecule has 0 aliphatic carbocycles. The van der Waals surface area contributed by atoms with Crippen LogP contribution in [0.5, 0.6) is 5.75 Å². The number of hydrogen-bond acceptors (Lipinski definition) is 6. The fourth-order valence-electron chi connectivity index (χ4n) is 3.38. The summed E-state index contributed by atoms with van der Waals surface area (Å²) in [5, 5.41) is 0.558. The number of halogens is 1. The van der Waals surface area contributed by atoms with Gasteiger partial charge < -0.3 is 14.4 Å². The molecular weight excluding hydrogens is 394 g/mol. The number of hydrogen-bond donors (Lipinski definition) is 0. The van der Waals surface area contributed by atoms with Crippen LogP contribution in [0.15, 0.2) is 18.2 Å². The van der Waals surface area contributed by atoms with Gasteiger partial charge >= 0.3 is 5.97 Å². The van der Waals surface area contributed by atoms with Gasteiger partial charge in [-0.3, -0.25) is 9.59 Å². The Morgan fingerprint density at radius 2 is 2.11 bits per heavy atom. The molecule has 2 aliphatic rings. The lowest BCUT2D eigenvalue weighted by atomic mass is 9.97. The van der Waals surface area contributed by atoms with Crippen LogP contribution in [0.1, 0.15) is 18.9 Å². The normalized spacial score (nSPS) is 24.4. The second kappa shape index (κ2) is 7.67. The van der Waals surface area contributed by atoms with E-state index in [0.29, 0.717) is 23.6 Å². The van der Waals surface area contributed by atoms with Gasteiger partial charge in [-0.25, -0.2) is 8.42 Å². The third-order valence-corrected chi connectivity index (χ3v) is 6.99. The van der Waals surface area contributed by atoms with Crippen LogP contribution in [0.2, 0.25) is 5.02 Å². The van der Waals surface area contributed by atoms with E-state index < -0.39 is 33.7 Å². The van der Waals surface area contributed by atoms with E-state index in [9.17, 15) is 18.0 Å². The molecule has 0 bridgehead atoms. The molecule has 3 atom stereocenters. The highest BCUT2D eigenvalue weighted by molar-refractivity contribution is 7.91. The molecule has 0 aromatic heterocycles. The zero-order chi connectivity index (χ0) is 19.8. The van der Waals surface area contributed by atoms with Gasteiger partial charge in [0.2, 0.25) is 0 Å². The van der Waals surface area contributed by atoms with E-state index in [0.717, 1.165) is 5.56 Å². The Hall–Kier alpha value is -1.80. The maximum absolute atomic E-state index is 12.5. The summed E-state index contributed by atoms with van der Waals surface area (Å²) < 4.78 is 34.1. The van der Waals surface area contributed by atoms with Gasteiger partial charge in [0, 0.05) is 18.1 Å². The quantitative estimate of drug-likeness (QED) is 0.692. The number of carbonyl (C=O) groups excluding carboxylic acids is 2. The third kappa shape index (κ3) is 4.55. The van der Waals surface area contributed by atoms with E-state index in [1.54, 1.807) is 25.2 Å². The van der Waals surface area contributed by atoms with E-state index in [1.165, 1.54) is 11.8 Å². The molecule has 0 saturated carbocycles. The Morgan fingerprint density at radius 3 is 2.78 bits per heavy atom. The van der Waals surface area contributed by atoms with Crippen molar-refractivity contribution in [3.05, 3.63) is 28.8 Å². The summed E-state index contributed by atoms with van der Waals surface area (Å²) in [4.78, 5) is 26.3. The maximum Gasteiger partial charge on any atom is 0.313 e. The van der Waals surface area contributed by atoms with E-state index in [2.05, 4.69) is 0 Å². The van der Waals surface area contributed by atoms with Crippen LogP contribution in [0, 0.1) is 5.92 Å². The number of nitrogens with zero attached hydrogens (tertiary/aromatic N) is 1. The Morgan fingerprint density at radius 1 is 1.37 bits per heavy atom. The Bertz CT molecular complexity index is 855. The second-order valence-electron chi connectivity index (χ2n) is 7.05. The Labute approximate surface area is 163 Å². The highest BCUT2D eigenvalue weighted by atomic mass is 35.5. The average Bonchev–Trinajstić information content (AvgIpc) is 2.99. The van der Waals surface area contributed by atoms with Crippen molar-refractivity contribution >= 4 is 33.3 Å². The number of amides is 1. The van der Waals surface area contributed by atoms with E-state index in [-0.39, 0.29) is 24.2 Å². The van der Waals surface area contributed by atoms with Crippen molar-refractivity contribution in [1.82, 2.24) is 4.90 Å². The van der Waals surface area contributed by atoms with Crippen LogP contribution in [-0.4, -0.2) is 62.5 Å². The minimum absolute atomic E-state index is 0.0517. The molecule has 148 valence electrons. The SMILES string of the molecule is C[C@H](OC(=O)[C@H]1COc2ccc(Cl)cc2C1)C(=O)N(C)[C@H]1CCS(=O)(=O)C1. The van der Waals surface area contributed by atoms with Crippen molar-refractivity contribution in [2.24, 2.45) is 5.92 Å². The van der Waals surface area contributed by atoms with Crippen LogP contribution in [0.4, 0.5) is 0 Å². The zero-order valence-corrected chi connectivity index (χ0v) is 16.8. The molecule has 2 aliphatic heterocycles. The number of sulfone groups is 1. The van der Waals surface area contributed by atoms with Crippen LogP contribution in [0.25, 0.3) is 0 Å². The highest BCUT2D eigenvalue weighted by Crippen LogP contribution is 2.30. The summed E-state index contributed by atoms with van der Waals surface area (Å²) in [5.74, 6) is -0.743. The second-order valence-corrected chi connectivity index (χ2v) is 9.71. The maximum atomic E-state index is 12.5. The van der Waals surface area contributed by atoms with E-state index in [4.69, 9.17) is 21.1 Å². The summed E-state index contributed by atoms with van der Waals surface area (Å²) in [6.45, 7) is 1.67. The minimum atomic E-state index is -3.10. The third-order valence-electron chi connectivity index (χ3n) is 5.01. The molecule has 1 aromatic rings. The first-order valence-electron chi connectivity index (χ1n) is 8.75. The molecule has 0 N–H and O–H groups in total. The number of benzene rings is 1. The molecule has 1 aromatic carbocycles. The molecular formula is C18H22ClNO6S. The van der Waals surface area contributed by atoms with Crippen molar-refractivity contribution in [3.8, 4) is 5.75 Å². The van der Waals surface area contributed by atoms with Gasteiger partial charge in [-0.2, -0.15) is 0 Å². The largest absolute Gasteiger partial charge is 0.492 e. The van der Waals surface area contributed by atoms with Gasteiger partial charge in [-0.15, -0.1) is 0 Å². The summed E-state index contributed by atoms with van der Waals surface area (Å²) in [7, 11) is -1.56. The molecule has 1 saturated heterocycles. The van der Waals surface area contributed by atoms with Crippen LogP contribution in [-0.2, 0) is 30.6 Å². The van der Waals surface area contributed by atoms with Crippen molar-refractivity contribution in [1.29, 1.82) is 0 Å². The van der Waals surface area contributed by atoms with Crippen molar-refractivity contribution in [3.63, 3.8) is 0 Å². The number of ether oxygens (including phenoxy) is 2. The zero-order valence-electron chi connectivity index (χ0n) is 15.2. The fraction of sp³-hybridized carbons (Fsp3) is 0.556. The van der Waals surface area contributed by atoms with Crippen molar-refractivity contribution in [2.75, 3.05) is 25.2 Å². The Kier molecular flexibility index (Phi) is 5.67. The first-order valence-corrected chi connectivity index (χ1v) is 10.9. The number of esters is 1. The van der Waals surface area contributed by atoms with Crippen molar-refractivity contribution < 1.29 is 27.5 Å². The van der Waals surface area contributed by atoms with Crippen LogP contribution >= 0.6 is 11.6 Å². The molecule has 1 amide bonds. The number of carbonyl (C=O) groups is 2. The average molecular weight is 416 g/mol. The number of likely N-dealkylation sites (N-methyl/N-ethyl adjacent to an activating group) is 1. The van der Waals surface area contributed by atoms with Gasteiger partial charge in [0.25, 0.3) is 5.91 Å². The molecule has 1 fully saturated rings. The predicted octanol–water partition coefficient (Wildman–Crippen LogP) is 1.47. The first-order chi connectivity index (χ1) is 12.7. The van der Waals surface area contributed by atoms with Gasteiger partial charge in [0.05, 0.1) is 17.4 Å². The minimum Gasteiger partial charge on any atom is -0.492 e. The van der Waals surface area contributed by atoms with Crippen LogP contribution < -0.4 is 4.74 Å². The summed E-state index contributed by atoms with van der Waals surface area (Å²) in [5.41, 5.74) is 0.822. The topological polar surface area (TPSA) is 90.0 Å². The van der Waals surface area contributed by atoms with Gasteiger partial charge in [-0.1, -0.05) is 11.6 Å². The highest BCUT2D eigenvalue weighted by Gasteiger charge is 2.36. The van der Waals surface area contributed by atoms with Gasteiger partial charge in [-0.05, 0) is 43.5 Å². The molecule has 7 nitrogen and oxygen atoms in total. The Balaban J connectivity index is 1.58. The molecule has 0 radical (unpaired) electrons. The fourth-order valence-corrected chi connectivity index (χ4v) is 5.35.